The Morgan fingerprint density at radius 1 is 0.366 bits per heavy atom. The standard InChI is InChI=1S/C36H46N4.Pt/c1-9-21-22(10-2)30-18-32-25(13-5)26(14-6)34(39-32)20-36-28(16-8)27(15-7)35(40-36)19-33-24(12-4)23(11-3)31(38-33)17-29(21)37-30;/h17-20,37,40H,9-16H2,1-8H3;/q-2;+2. The van der Waals surface area contributed by atoms with E-state index in [2.05, 4.69) is 89.7 Å². The van der Waals surface area contributed by atoms with Gasteiger partial charge in [0.25, 0.3) is 0 Å². The third-order valence-corrected chi connectivity index (χ3v) is 8.97. The van der Waals surface area contributed by atoms with Crippen molar-refractivity contribution in [3.63, 3.8) is 0 Å². The van der Waals surface area contributed by atoms with Crippen molar-refractivity contribution in [3.8, 4) is 0 Å². The Bertz CT molecular complexity index is 1530. The molecule has 1 aliphatic heterocycles. The molecule has 0 spiro atoms. The number of hydrogen-bond acceptors (Lipinski definition) is 0. The van der Waals surface area contributed by atoms with Gasteiger partial charge in [-0.2, -0.15) is 0 Å². The summed E-state index contributed by atoms with van der Waals surface area (Å²) in [5.41, 5.74) is 15.8. The Labute approximate surface area is 259 Å². The van der Waals surface area contributed by atoms with Gasteiger partial charge in [-0.15, -0.1) is 21.4 Å². The van der Waals surface area contributed by atoms with Crippen LogP contribution in [-0.4, -0.2) is 9.97 Å². The first-order valence-electron chi connectivity index (χ1n) is 15.7. The zero-order valence-electron chi connectivity index (χ0n) is 26.2. The van der Waals surface area contributed by atoms with Crippen LogP contribution in [-0.2, 0) is 72.4 Å². The average Bonchev–Trinajstić information content (AvgIpc) is 3.67. The third-order valence-electron chi connectivity index (χ3n) is 8.97. The summed E-state index contributed by atoms with van der Waals surface area (Å²) in [5.74, 6) is 0. The van der Waals surface area contributed by atoms with Crippen molar-refractivity contribution in [2.24, 2.45) is 0 Å². The predicted molar refractivity (Wildman–Crippen MR) is 169 cm³/mol. The molecule has 5 rings (SSSR count). The molecule has 0 amide bonds. The summed E-state index contributed by atoms with van der Waals surface area (Å²) in [6.07, 6.45) is 17.1. The molecule has 8 bridgehead atoms. The first-order chi connectivity index (χ1) is 19.5. The molecule has 5 heteroatoms. The maximum absolute atomic E-state index is 5.29. The summed E-state index contributed by atoms with van der Waals surface area (Å²) >= 11 is 0. The van der Waals surface area contributed by atoms with E-state index in [0.29, 0.717) is 0 Å². The minimum atomic E-state index is 0. The molecule has 0 aliphatic carbocycles. The molecule has 220 valence electrons. The minimum Gasteiger partial charge on any atom is -0.657 e. The molecule has 4 aromatic rings. The molecular weight excluding hydrogens is 684 g/mol. The average molecular weight is 730 g/mol. The van der Waals surface area contributed by atoms with E-state index in [-0.39, 0.29) is 21.1 Å². The van der Waals surface area contributed by atoms with Gasteiger partial charge in [-0.3, -0.25) is 0 Å². The Kier molecular flexibility index (Phi) is 9.96. The quantitative estimate of drug-likeness (QED) is 0.249. The second-order valence-electron chi connectivity index (χ2n) is 10.9. The fraction of sp³-hybridized carbons (Fsp3) is 0.444. The molecule has 0 radical (unpaired) electrons. The van der Waals surface area contributed by atoms with E-state index in [0.717, 1.165) is 72.8 Å². The van der Waals surface area contributed by atoms with Gasteiger partial charge in [-0.05, 0) is 73.6 Å². The number of aromatic nitrogens is 4. The van der Waals surface area contributed by atoms with Crippen molar-refractivity contribution in [1.82, 2.24) is 19.9 Å². The van der Waals surface area contributed by atoms with Crippen LogP contribution in [0.25, 0.3) is 24.3 Å². The fourth-order valence-corrected chi connectivity index (χ4v) is 7.10. The van der Waals surface area contributed by atoms with Crippen molar-refractivity contribution < 1.29 is 21.1 Å². The second-order valence-corrected chi connectivity index (χ2v) is 10.9. The first-order valence-corrected chi connectivity index (χ1v) is 15.7. The van der Waals surface area contributed by atoms with E-state index in [1.807, 2.05) is 0 Å². The van der Waals surface area contributed by atoms with Gasteiger partial charge in [0, 0.05) is 22.8 Å². The smallest absolute Gasteiger partial charge is 0.657 e. The Hall–Kier alpha value is -2.71. The number of fused-ring (bicyclic) bond motifs is 8. The molecule has 0 fully saturated rings. The van der Waals surface area contributed by atoms with Crippen LogP contribution < -0.4 is 31.4 Å². The summed E-state index contributed by atoms with van der Waals surface area (Å²) < 4.78 is 0. The van der Waals surface area contributed by atoms with Crippen molar-refractivity contribution in [1.29, 1.82) is 0 Å². The van der Waals surface area contributed by atoms with E-state index < -0.39 is 0 Å². The van der Waals surface area contributed by atoms with Crippen LogP contribution in [0.5, 0.6) is 0 Å². The molecule has 5 heterocycles. The summed E-state index contributed by atoms with van der Waals surface area (Å²) in [6, 6.07) is 0. The summed E-state index contributed by atoms with van der Waals surface area (Å²) in [6.45, 7) is 18.1. The predicted octanol–water partition coefficient (Wildman–Crippen LogP) is 4.38. The molecule has 2 N–H and O–H groups in total. The van der Waals surface area contributed by atoms with Crippen molar-refractivity contribution in [2.45, 2.75) is 107 Å². The minimum absolute atomic E-state index is 0. The van der Waals surface area contributed by atoms with Gasteiger partial charge >= 0.3 is 21.1 Å². The van der Waals surface area contributed by atoms with Crippen molar-refractivity contribution in [3.05, 3.63) is 88.7 Å². The summed E-state index contributed by atoms with van der Waals surface area (Å²) in [4.78, 5) is 18.2. The largest absolute Gasteiger partial charge is 2.00 e. The van der Waals surface area contributed by atoms with Gasteiger partial charge in [0.2, 0.25) is 0 Å². The van der Waals surface area contributed by atoms with Gasteiger partial charge < -0.3 is 19.9 Å². The van der Waals surface area contributed by atoms with Crippen LogP contribution in [0.4, 0.5) is 0 Å². The zero-order valence-corrected chi connectivity index (χ0v) is 28.4. The molecular formula is C36H46N4Pt. The van der Waals surface area contributed by atoms with E-state index >= 15 is 0 Å². The van der Waals surface area contributed by atoms with Gasteiger partial charge in [0.15, 0.2) is 0 Å². The Morgan fingerprint density at radius 2 is 0.561 bits per heavy atom. The summed E-state index contributed by atoms with van der Waals surface area (Å²) in [7, 11) is 0. The van der Waals surface area contributed by atoms with Crippen molar-refractivity contribution in [2.75, 3.05) is 0 Å². The Balaban J connectivity index is 0.00000387. The SMILES string of the molecule is CCc1c2[nH]c(c1CC)C=c1[n-]c(c(CC)c1CC)=Cc1[nH]c(c(CC)c1CC)C=c1[n-]c(c(CC)c1CC)=C2.[Pt+2]. The van der Waals surface area contributed by atoms with Gasteiger partial charge in [-0.1, -0.05) is 102 Å². The Morgan fingerprint density at radius 3 is 0.732 bits per heavy atom. The van der Waals surface area contributed by atoms with Crippen LogP contribution >= 0.6 is 0 Å². The van der Waals surface area contributed by atoms with Gasteiger partial charge in [-0.25, -0.2) is 0 Å². The van der Waals surface area contributed by atoms with E-state index in [1.165, 1.54) is 67.3 Å². The monoisotopic (exact) mass is 729 g/mol. The number of nitrogens with zero attached hydrogens (tertiary/aromatic N) is 2. The maximum Gasteiger partial charge on any atom is 2.00 e. The third kappa shape index (κ3) is 5.34. The molecule has 41 heavy (non-hydrogen) atoms. The van der Waals surface area contributed by atoms with E-state index in [4.69, 9.17) is 9.97 Å². The normalized spacial score (nSPS) is 12.3. The number of H-pyrrole nitrogens is 2. The second kappa shape index (κ2) is 13.1. The number of rotatable bonds is 8. The molecule has 4 aromatic heterocycles. The van der Waals surface area contributed by atoms with Crippen molar-refractivity contribution >= 4 is 24.3 Å². The summed E-state index contributed by atoms with van der Waals surface area (Å²) in [5, 5.41) is 4.41. The van der Waals surface area contributed by atoms with Crippen LogP contribution in [0, 0.1) is 0 Å². The number of nitrogens with one attached hydrogen (secondary N) is 2. The van der Waals surface area contributed by atoms with Gasteiger partial charge in [0.05, 0.1) is 0 Å². The molecule has 0 saturated carbocycles. The van der Waals surface area contributed by atoms with Crippen LogP contribution in [0.2, 0.25) is 0 Å². The number of hydrogen-bond donors (Lipinski definition) is 2. The van der Waals surface area contributed by atoms with Crippen LogP contribution in [0.15, 0.2) is 0 Å². The molecule has 4 nitrogen and oxygen atoms in total. The van der Waals surface area contributed by atoms with E-state index in [9.17, 15) is 0 Å². The van der Waals surface area contributed by atoms with Crippen LogP contribution in [0.1, 0.15) is 123 Å². The number of aromatic amines is 2. The molecule has 1 aliphatic rings. The zero-order chi connectivity index (χ0) is 28.6. The molecule has 0 aromatic carbocycles. The fourth-order valence-electron chi connectivity index (χ4n) is 7.10. The molecule has 0 saturated heterocycles. The molecule has 0 unspecified atom stereocenters. The van der Waals surface area contributed by atoms with E-state index in [1.54, 1.807) is 0 Å². The topological polar surface area (TPSA) is 59.8 Å². The van der Waals surface area contributed by atoms with Crippen LogP contribution in [0.3, 0.4) is 0 Å². The molecule has 0 atom stereocenters. The maximum atomic E-state index is 5.29. The van der Waals surface area contributed by atoms with Gasteiger partial charge in [0.1, 0.15) is 0 Å². The first kappa shape index (κ1) is 31.2.